The summed E-state index contributed by atoms with van der Waals surface area (Å²) in [6.45, 7) is 0.978. The van der Waals surface area contributed by atoms with Crippen molar-refractivity contribution in [3.63, 3.8) is 0 Å². The minimum Gasteiger partial charge on any atom is -0.378 e. The lowest BCUT2D eigenvalue weighted by Gasteiger charge is -2.28. The maximum atomic E-state index is 5.97. The maximum absolute atomic E-state index is 5.97. The Hall–Kier alpha value is -0.120. The van der Waals surface area contributed by atoms with Crippen LogP contribution in [0.1, 0.15) is 44.9 Å². The van der Waals surface area contributed by atoms with Gasteiger partial charge in [0.05, 0.1) is 18.3 Å². The van der Waals surface area contributed by atoms with Crippen LogP contribution in [0, 0.1) is 5.92 Å². The highest BCUT2D eigenvalue weighted by Gasteiger charge is 2.43. The fourth-order valence-corrected chi connectivity index (χ4v) is 3.91. The molecule has 1 N–H and O–H groups in total. The fraction of sp³-hybridized carbons (Fsp3) is 1.00. The fourth-order valence-electron chi connectivity index (χ4n) is 3.91. The Morgan fingerprint density at radius 2 is 2.24 bits per heavy atom. The second kappa shape index (κ2) is 5.25. The van der Waals surface area contributed by atoms with E-state index in [0.717, 1.165) is 12.5 Å². The summed E-state index contributed by atoms with van der Waals surface area (Å²) in [5, 5.41) is 3.52. The van der Waals surface area contributed by atoms with Crippen LogP contribution in [0.3, 0.4) is 0 Å². The smallest absolute Gasteiger partial charge is 0.0623 e. The molecule has 3 rings (SSSR count). The van der Waals surface area contributed by atoms with E-state index in [1.54, 1.807) is 0 Å². The molecule has 3 heteroatoms. The summed E-state index contributed by atoms with van der Waals surface area (Å²) in [6.07, 6.45) is 10.5. The minimum atomic E-state index is 0.533. The van der Waals surface area contributed by atoms with Gasteiger partial charge in [-0.05, 0) is 52.0 Å². The number of hydrogen-bond donors (Lipinski definition) is 1. The van der Waals surface area contributed by atoms with E-state index in [0.29, 0.717) is 24.4 Å². The van der Waals surface area contributed by atoms with Gasteiger partial charge in [0.25, 0.3) is 0 Å². The molecule has 0 aromatic rings. The third-order valence-electron chi connectivity index (χ3n) is 4.86. The second-order valence-electron chi connectivity index (χ2n) is 5.88. The lowest BCUT2D eigenvalue weighted by atomic mass is 9.82. The highest BCUT2D eigenvalue weighted by molar-refractivity contribution is 4.95. The molecule has 3 saturated heterocycles. The molecule has 0 saturated carbocycles. The molecule has 3 aliphatic heterocycles. The summed E-state index contributed by atoms with van der Waals surface area (Å²) in [6, 6.07) is 0.634. The molecule has 2 bridgehead atoms. The summed E-state index contributed by atoms with van der Waals surface area (Å²) in [5.41, 5.74) is 0. The summed E-state index contributed by atoms with van der Waals surface area (Å²) in [5.74, 6) is 0.750. The molecule has 3 nitrogen and oxygen atoms in total. The van der Waals surface area contributed by atoms with Crippen molar-refractivity contribution in [2.24, 2.45) is 5.92 Å². The zero-order valence-corrected chi connectivity index (χ0v) is 10.9. The molecule has 0 aromatic heterocycles. The van der Waals surface area contributed by atoms with E-state index in [9.17, 15) is 0 Å². The Bertz CT molecular complexity index is 253. The molecule has 0 amide bonds. The number of hydrogen-bond acceptors (Lipinski definition) is 3. The Kier molecular flexibility index (Phi) is 3.69. The first-order chi connectivity index (χ1) is 8.36. The van der Waals surface area contributed by atoms with Crippen molar-refractivity contribution in [2.45, 2.75) is 69.3 Å². The molecule has 3 fully saturated rings. The van der Waals surface area contributed by atoms with Gasteiger partial charge in [-0.2, -0.15) is 0 Å². The molecule has 17 heavy (non-hydrogen) atoms. The number of nitrogens with one attached hydrogen (secondary N) is 1. The molecule has 3 aliphatic rings. The van der Waals surface area contributed by atoms with E-state index in [4.69, 9.17) is 9.47 Å². The van der Waals surface area contributed by atoms with Gasteiger partial charge in [0.1, 0.15) is 0 Å². The Balaban J connectivity index is 1.49. The van der Waals surface area contributed by atoms with Gasteiger partial charge in [-0.1, -0.05) is 0 Å². The van der Waals surface area contributed by atoms with Crippen LogP contribution in [-0.4, -0.2) is 38.0 Å². The van der Waals surface area contributed by atoms with Crippen LogP contribution >= 0.6 is 0 Å². The summed E-state index contributed by atoms with van der Waals surface area (Å²) >= 11 is 0. The molecule has 3 heterocycles. The van der Waals surface area contributed by atoms with Crippen LogP contribution in [0.4, 0.5) is 0 Å². The van der Waals surface area contributed by atoms with E-state index >= 15 is 0 Å². The van der Waals surface area contributed by atoms with Crippen molar-refractivity contribution in [3.8, 4) is 0 Å². The molecule has 0 aliphatic carbocycles. The largest absolute Gasteiger partial charge is 0.378 e. The predicted molar refractivity (Wildman–Crippen MR) is 67.1 cm³/mol. The third-order valence-corrected chi connectivity index (χ3v) is 4.86. The molecule has 5 unspecified atom stereocenters. The van der Waals surface area contributed by atoms with Crippen LogP contribution in [0.15, 0.2) is 0 Å². The van der Waals surface area contributed by atoms with Gasteiger partial charge in [0, 0.05) is 18.6 Å². The number of rotatable bonds is 5. The average molecular weight is 239 g/mol. The lowest BCUT2D eigenvalue weighted by Crippen LogP contribution is -2.39. The second-order valence-corrected chi connectivity index (χ2v) is 5.88. The number of ether oxygens (including phenoxy) is 2. The third kappa shape index (κ3) is 2.51. The van der Waals surface area contributed by atoms with Crippen LogP contribution in [0.5, 0.6) is 0 Å². The Morgan fingerprint density at radius 1 is 1.29 bits per heavy atom. The monoisotopic (exact) mass is 239 g/mol. The molecule has 0 spiro atoms. The van der Waals surface area contributed by atoms with Gasteiger partial charge in [0.2, 0.25) is 0 Å². The van der Waals surface area contributed by atoms with Gasteiger partial charge in [-0.3, -0.25) is 0 Å². The van der Waals surface area contributed by atoms with Crippen molar-refractivity contribution in [3.05, 3.63) is 0 Å². The van der Waals surface area contributed by atoms with Crippen molar-refractivity contribution in [1.82, 2.24) is 5.32 Å². The van der Waals surface area contributed by atoms with E-state index < -0.39 is 0 Å². The lowest BCUT2D eigenvalue weighted by molar-refractivity contribution is 0.0776. The van der Waals surface area contributed by atoms with Crippen LogP contribution in [-0.2, 0) is 9.47 Å². The highest BCUT2D eigenvalue weighted by Crippen LogP contribution is 2.41. The molecule has 98 valence electrons. The van der Waals surface area contributed by atoms with Gasteiger partial charge in [0.15, 0.2) is 0 Å². The van der Waals surface area contributed by atoms with Crippen molar-refractivity contribution in [2.75, 3.05) is 13.7 Å². The first-order valence-electron chi connectivity index (χ1n) is 7.31. The van der Waals surface area contributed by atoms with E-state index in [-0.39, 0.29) is 0 Å². The summed E-state index contributed by atoms with van der Waals surface area (Å²) in [4.78, 5) is 0. The summed E-state index contributed by atoms with van der Waals surface area (Å²) < 4.78 is 11.7. The maximum Gasteiger partial charge on any atom is 0.0623 e. The van der Waals surface area contributed by atoms with Crippen LogP contribution in [0.25, 0.3) is 0 Å². The molecule has 0 aromatic carbocycles. The van der Waals surface area contributed by atoms with E-state index in [2.05, 4.69) is 12.4 Å². The molecule has 0 radical (unpaired) electrons. The van der Waals surface area contributed by atoms with Gasteiger partial charge in [-0.25, -0.2) is 0 Å². The standard InChI is InChI=1S/C14H25NO2/c1-15-13(6-4-10-3-2-8-16-10)12-9-11-5-7-14(12)17-11/h10-15H,2-9H2,1H3. The van der Waals surface area contributed by atoms with E-state index in [1.165, 1.54) is 44.9 Å². The minimum absolute atomic E-state index is 0.533. The van der Waals surface area contributed by atoms with Crippen LogP contribution in [0.2, 0.25) is 0 Å². The number of fused-ring (bicyclic) bond motifs is 2. The van der Waals surface area contributed by atoms with Crippen molar-refractivity contribution in [1.29, 1.82) is 0 Å². The zero-order valence-electron chi connectivity index (χ0n) is 10.9. The first-order valence-corrected chi connectivity index (χ1v) is 7.31. The molecular weight excluding hydrogens is 214 g/mol. The van der Waals surface area contributed by atoms with Gasteiger partial charge < -0.3 is 14.8 Å². The van der Waals surface area contributed by atoms with Crippen LogP contribution < -0.4 is 5.32 Å². The Labute approximate surface area is 104 Å². The SMILES string of the molecule is CNC(CCC1CCCO1)C1CC2CCC1O2. The zero-order chi connectivity index (χ0) is 11.7. The molecule has 5 atom stereocenters. The normalized spacial score (nSPS) is 42.2. The average Bonchev–Trinajstić information content (AvgIpc) is 3.07. The summed E-state index contributed by atoms with van der Waals surface area (Å²) in [7, 11) is 2.10. The van der Waals surface area contributed by atoms with Gasteiger partial charge >= 0.3 is 0 Å². The van der Waals surface area contributed by atoms with E-state index in [1.807, 2.05) is 0 Å². The quantitative estimate of drug-likeness (QED) is 0.797. The van der Waals surface area contributed by atoms with Crippen molar-refractivity contribution < 1.29 is 9.47 Å². The Morgan fingerprint density at radius 3 is 2.82 bits per heavy atom. The van der Waals surface area contributed by atoms with Crippen molar-refractivity contribution >= 4 is 0 Å². The van der Waals surface area contributed by atoms with Gasteiger partial charge in [-0.15, -0.1) is 0 Å². The molecular formula is C14H25NO2. The topological polar surface area (TPSA) is 30.5 Å². The predicted octanol–water partition coefficient (Wildman–Crippen LogP) is 2.10. The highest BCUT2D eigenvalue weighted by atomic mass is 16.5. The first kappa shape index (κ1) is 11.9.